The number of rotatable bonds is 2. The van der Waals surface area contributed by atoms with E-state index in [0.29, 0.717) is 25.1 Å². The van der Waals surface area contributed by atoms with Gasteiger partial charge >= 0.3 is 5.97 Å². The molecule has 1 unspecified atom stereocenters. The van der Waals surface area contributed by atoms with Gasteiger partial charge in [-0.3, -0.25) is 9.78 Å². The molecule has 6 heteroatoms. The van der Waals surface area contributed by atoms with Gasteiger partial charge in [-0.25, -0.2) is 4.79 Å². The van der Waals surface area contributed by atoms with Gasteiger partial charge in [0.05, 0.1) is 17.5 Å². The predicted octanol–water partition coefficient (Wildman–Crippen LogP) is 2.12. The second-order valence-electron chi connectivity index (χ2n) is 7.41. The summed E-state index contributed by atoms with van der Waals surface area (Å²) in [5.74, 6) is -0.0825. The first-order valence-corrected chi connectivity index (χ1v) is 8.81. The summed E-state index contributed by atoms with van der Waals surface area (Å²) in [6.07, 6.45) is 5.41. The van der Waals surface area contributed by atoms with Crippen LogP contribution in [-0.4, -0.2) is 40.0 Å². The van der Waals surface area contributed by atoms with Crippen LogP contribution in [0.2, 0.25) is 0 Å². The van der Waals surface area contributed by atoms with Crippen LogP contribution in [0, 0.1) is 0 Å². The van der Waals surface area contributed by atoms with Crippen molar-refractivity contribution in [2.75, 3.05) is 13.1 Å². The van der Waals surface area contributed by atoms with Crippen molar-refractivity contribution in [3.05, 3.63) is 59.4 Å². The summed E-state index contributed by atoms with van der Waals surface area (Å²) in [6.45, 7) is 0.947. The van der Waals surface area contributed by atoms with Crippen LogP contribution in [0.3, 0.4) is 0 Å². The van der Waals surface area contributed by atoms with Crippen molar-refractivity contribution in [1.29, 1.82) is 0 Å². The molecule has 6 nitrogen and oxygen atoms in total. The van der Waals surface area contributed by atoms with Gasteiger partial charge in [0.2, 0.25) is 5.91 Å². The zero-order valence-electron chi connectivity index (χ0n) is 14.1. The minimum atomic E-state index is -0.740. The Hall–Kier alpha value is -2.89. The van der Waals surface area contributed by atoms with Crippen molar-refractivity contribution in [3.63, 3.8) is 0 Å². The molecule has 2 fully saturated rings. The van der Waals surface area contributed by atoms with Crippen molar-refractivity contribution < 1.29 is 19.4 Å². The molecular weight excluding hydrogens is 332 g/mol. The van der Waals surface area contributed by atoms with Gasteiger partial charge in [0.25, 0.3) is 0 Å². The molecule has 1 saturated heterocycles. The normalized spacial score (nSPS) is 25.2. The number of phenolic OH excluding ortho intramolecular Hbond substituents is 1. The fourth-order valence-electron chi connectivity index (χ4n) is 4.33. The van der Waals surface area contributed by atoms with Crippen LogP contribution in [0.4, 0.5) is 0 Å². The Morgan fingerprint density at radius 2 is 1.92 bits per heavy atom. The SMILES string of the molecule is O=C1OC2(CCN(C(=O)C3(c4ccc(O)cc4)CC3)C2)c2ccncc21. The van der Waals surface area contributed by atoms with Crippen LogP contribution in [-0.2, 0) is 20.5 Å². The van der Waals surface area contributed by atoms with Crippen LogP contribution in [0.25, 0.3) is 0 Å². The van der Waals surface area contributed by atoms with Gasteiger partial charge in [0.15, 0.2) is 5.60 Å². The van der Waals surface area contributed by atoms with Crippen LogP contribution >= 0.6 is 0 Å². The summed E-state index contributed by atoms with van der Waals surface area (Å²) < 4.78 is 5.71. The van der Waals surface area contributed by atoms with E-state index in [1.54, 1.807) is 18.3 Å². The van der Waals surface area contributed by atoms with Gasteiger partial charge in [-0.1, -0.05) is 12.1 Å². The number of esters is 1. The smallest absolute Gasteiger partial charge is 0.341 e. The molecule has 1 aromatic heterocycles. The second kappa shape index (κ2) is 5.06. The Bertz CT molecular complexity index is 920. The van der Waals surface area contributed by atoms with Crippen molar-refractivity contribution in [2.24, 2.45) is 0 Å². The number of hydrogen-bond donors (Lipinski definition) is 1. The first-order valence-electron chi connectivity index (χ1n) is 8.81. The summed E-state index contributed by atoms with van der Waals surface area (Å²) >= 11 is 0. The molecular formula is C20H18N2O4. The summed E-state index contributed by atoms with van der Waals surface area (Å²) in [4.78, 5) is 31.3. The Kier molecular flexibility index (Phi) is 2.99. The molecule has 26 heavy (non-hydrogen) atoms. The van der Waals surface area contributed by atoms with Gasteiger partial charge < -0.3 is 14.7 Å². The maximum absolute atomic E-state index is 13.3. The fourth-order valence-corrected chi connectivity index (χ4v) is 4.33. The van der Waals surface area contributed by atoms with Gasteiger partial charge in [-0.15, -0.1) is 0 Å². The number of benzene rings is 1. The number of pyridine rings is 1. The molecule has 1 aromatic carbocycles. The fraction of sp³-hybridized carbons (Fsp3) is 0.350. The van der Waals surface area contributed by atoms with Crippen LogP contribution < -0.4 is 0 Å². The quantitative estimate of drug-likeness (QED) is 0.839. The van der Waals surface area contributed by atoms with E-state index in [4.69, 9.17) is 4.74 Å². The molecule has 2 aromatic rings. The third-order valence-electron chi connectivity index (χ3n) is 5.92. The highest BCUT2D eigenvalue weighted by Gasteiger charge is 2.57. The monoisotopic (exact) mass is 350 g/mol. The number of fused-ring (bicyclic) bond motifs is 2. The summed E-state index contributed by atoms with van der Waals surface area (Å²) in [7, 11) is 0. The van der Waals surface area contributed by atoms with E-state index < -0.39 is 11.0 Å². The van der Waals surface area contributed by atoms with Gasteiger partial charge in [-0.05, 0) is 36.6 Å². The average Bonchev–Trinajstić information content (AvgIpc) is 3.28. The number of aromatic hydroxyl groups is 1. The Labute approximate surface area is 150 Å². The molecule has 3 heterocycles. The third kappa shape index (κ3) is 2.01. The van der Waals surface area contributed by atoms with Gasteiger partial charge in [-0.2, -0.15) is 0 Å². The molecule has 3 aliphatic rings. The molecule has 1 aliphatic carbocycles. The number of aromatic nitrogens is 1. The van der Waals surface area contributed by atoms with E-state index in [1.807, 2.05) is 23.1 Å². The summed E-state index contributed by atoms with van der Waals surface area (Å²) in [5.41, 5.74) is 1.04. The third-order valence-corrected chi connectivity index (χ3v) is 5.92. The first-order chi connectivity index (χ1) is 12.5. The van der Waals surface area contributed by atoms with E-state index in [0.717, 1.165) is 24.0 Å². The Morgan fingerprint density at radius 3 is 2.65 bits per heavy atom. The summed E-state index contributed by atoms with van der Waals surface area (Å²) in [6, 6.07) is 8.71. The minimum absolute atomic E-state index is 0.0821. The number of likely N-dealkylation sites (tertiary alicyclic amines) is 1. The standard InChI is InChI=1S/C20H18N2O4/c23-14-3-1-13(2-4-14)19(6-7-19)18(25)22-10-8-20(12-22)16-5-9-21-11-15(16)17(24)26-20/h1-5,9,11,23H,6-8,10,12H2. The zero-order valence-corrected chi connectivity index (χ0v) is 14.1. The summed E-state index contributed by atoms with van der Waals surface area (Å²) in [5, 5.41) is 9.50. The number of carbonyl (C=O) groups excluding carboxylic acids is 2. The predicted molar refractivity (Wildman–Crippen MR) is 91.5 cm³/mol. The molecule has 1 atom stereocenters. The maximum Gasteiger partial charge on any atom is 0.341 e. The largest absolute Gasteiger partial charge is 0.508 e. The van der Waals surface area contributed by atoms with Gasteiger partial charge in [0, 0.05) is 30.9 Å². The average molecular weight is 350 g/mol. The lowest BCUT2D eigenvalue weighted by Crippen LogP contribution is -2.40. The lowest BCUT2D eigenvalue weighted by atomic mass is 9.92. The molecule has 1 amide bonds. The number of carbonyl (C=O) groups is 2. The zero-order chi connectivity index (χ0) is 17.9. The highest BCUT2D eigenvalue weighted by Crippen LogP contribution is 2.52. The van der Waals surface area contributed by atoms with Crippen molar-refractivity contribution in [2.45, 2.75) is 30.3 Å². The van der Waals surface area contributed by atoms with Crippen molar-refractivity contribution in [1.82, 2.24) is 9.88 Å². The van der Waals surface area contributed by atoms with E-state index >= 15 is 0 Å². The molecule has 132 valence electrons. The molecule has 1 spiro atoms. The number of hydrogen-bond acceptors (Lipinski definition) is 5. The lowest BCUT2D eigenvalue weighted by Gasteiger charge is -2.26. The van der Waals surface area contributed by atoms with Gasteiger partial charge in [0.1, 0.15) is 5.75 Å². The molecule has 2 aliphatic heterocycles. The van der Waals surface area contributed by atoms with E-state index in [2.05, 4.69) is 4.98 Å². The second-order valence-corrected chi connectivity index (χ2v) is 7.41. The molecule has 1 saturated carbocycles. The van der Waals surface area contributed by atoms with E-state index in [1.165, 1.54) is 6.20 Å². The topological polar surface area (TPSA) is 79.7 Å². The Balaban J connectivity index is 1.43. The number of ether oxygens (including phenoxy) is 1. The molecule has 1 N–H and O–H groups in total. The maximum atomic E-state index is 13.3. The van der Waals surface area contributed by atoms with Crippen LogP contribution in [0.15, 0.2) is 42.7 Å². The highest BCUT2D eigenvalue weighted by atomic mass is 16.6. The number of phenols is 1. The molecule has 5 rings (SSSR count). The highest BCUT2D eigenvalue weighted by molar-refractivity contribution is 5.95. The number of amides is 1. The first kappa shape index (κ1) is 15.4. The van der Waals surface area contributed by atoms with E-state index in [-0.39, 0.29) is 17.6 Å². The minimum Gasteiger partial charge on any atom is -0.508 e. The van der Waals surface area contributed by atoms with Crippen molar-refractivity contribution in [3.8, 4) is 5.75 Å². The number of nitrogens with zero attached hydrogens (tertiary/aromatic N) is 2. The van der Waals surface area contributed by atoms with Crippen LogP contribution in [0.5, 0.6) is 5.75 Å². The van der Waals surface area contributed by atoms with E-state index in [9.17, 15) is 14.7 Å². The van der Waals surface area contributed by atoms with Crippen LogP contribution in [0.1, 0.15) is 40.7 Å². The molecule has 0 radical (unpaired) electrons. The lowest BCUT2D eigenvalue weighted by molar-refractivity contribution is -0.134. The Morgan fingerprint density at radius 1 is 1.15 bits per heavy atom. The van der Waals surface area contributed by atoms with Crippen molar-refractivity contribution >= 4 is 11.9 Å². The molecule has 0 bridgehead atoms.